The van der Waals surface area contributed by atoms with Crippen molar-refractivity contribution in [1.82, 2.24) is 15.2 Å². The fourth-order valence-electron chi connectivity index (χ4n) is 2.48. The van der Waals surface area contributed by atoms with Gasteiger partial charge in [-0.05, 0) is 31.9 Å². The summed E-state index contributed by atoms with van der Waals surface area (Å²) in [6.45, 7) is 5.81. The number of carbonyl (C=O) groups excluding carboxylic acids is 1. The number of hydrogen-bond donors (Lipinski definition) is 0. The first kappa shape index (κ1) is 17.5. The van der Waals surface area contributed by atoms with Gasteiger partial charge in [0.25, 0.3) is 5.88 Å². The molecule has 0 radical (unpaired) electrons. The molecule has 6 heteroatoms. The van der Waals surface area contributed by atoms with Gasteiger partial charge in [0, 0.05) is 5.56 Å². The quantitative estimate of drug-likeness (QED) is 0.645. The van der Waals surface area contributed by atoms with Crippen LogP contribution in [0.2, 0.25) is 0 Å². The molecular formula is C20H19N3O3. The predicted molar refractivity (Wildman–Crippen MR) is 97.2 cm³/mol. The molecule has 0 bridgehead atoms. The number of aromatic nitrogens is 3. The van der Waals surface area contributed by atoms with E-state index in [4.69, 9.17) is 9.47 Å². The van der Waals surface area contributed by atoms with Crippen molar-refractivity contribution in [2.24, 2.45) is 0 Å². The Labute approximate surface area is 151 Å². The van der Waals surface area contributed by atoms with E-state index < -0.39 is 5.97 Å². The number of nitrogens with zero attached hydrogens (tertiary/aromatic N) is 3. The number of aryl methyl sites for hydroxylation is 2. The van der Waals surface area contributed by atoms with Crippen molar-refractivity contribution in [2.75, 3.05) is 6.61 Å². The standard InChI is InChI=1S/C20H19N3O3/c1-4-25-20(24)16-19(26-17-13(2)9-8-10-14(17)3)21-18(23-22-16)15-11-6-5-7-12-15/h5-12H,4H2,1-3H3. The van der Waals surface area contributed by atoms with Gasteiger partial charge in [0.05, 0.1) is 6.61 Å². The SMILES string of the molecule is CCOC(=O)c1nnc(-c2ccccc2)nc1Oc1c(C)cccc1C. The van der Waals surface area contributed by atoms with Crippen molar-refractivity contribution in [3.8, 4) is 23.0 Å². The lowest BCUT2D eigenvalue weighted by molar-refractivity contribution is 0.0514. The van der Waals surface area contributed by atoms with E-state index in [2.05, 4.69) is 15.2 Å². The third kappa shape index (κ3) is 3.69. The first-order valence-electron chi connectivity index (χ1n) is 8.31. The highest BCUT2D eigenvalue weighted by Crippen LogP contribution is 2.30. The largest absolute Gasteiger partial charge is 0.461 e. The summed E-state index contributed by atoms with van der Waals surface area (Å²) in [6, 6.07) is 15.2. The molecule has 0 aliphatic heterocycles. The van der Waals surface area contributed by atoms with Gasteiger partial charge in [0.2, 0.25) is 5.69 Å². The molecule has 0 amide bonds. The molecule has 1 heterocycles. The molecule has 0 spiro atoms. The zero-order chi connectivity index (χ0) is 18.5. The number of benzene rings is 2. The topological polar surface area (TPSA) is 74.2 Å². The Morgan fingerprint density at radius 2 is 1.65 bits per heavy atom. The highest BCUT2D eigenvalue weighted by atomic mass is 16.5. The number of para-hydroxylation sites is 1. The van der Waals surface area contributed by atoms with Gasteiger partial charge in [-0.1, -0.05) is 48.5 Å². The van der Waals surface area contributed by atoms with Crippen LogP contribution in [-0.2, 0) is 4.74 Å². The number of hydrogen-bond acceptors (Lipinski definition) is 6. The van der Waals surface area contributed by atoms with Crippen LogP contribution in [0.5, 0.6) is 11.6 Å². The van der Waals surface area contributed by atoms with E-state index in [0.717, 1.165) is 16.7 Å². The van der Waals surface area contributed by atoms with Gasteiger partial charge in [-0.15, -0.1) is 10.2 Å². The molecule has 6 nitrogen and oxygen atoms in total. The van der Waals surface area contributed by atoms with Crippen LogP contribution >= 0.6 is 0 Å². The monoisotopic (exact) mass is 349 g/mol. The second-order valence-corrected chi connectivity index (χ2v) is 5.70. The zero-order valence-corrected chi connectivity index (χ0v) is 14.9. The maximum atomic E-state index is 12.2. The summed E-state index contributed by atoms with van der Waals surface area (Å²) in [5.41, 5.74) is 2.59. The van der Waals surface area contributed by atoms with E-state index in [9.17, 15) is 4.79 Å². The second-order valence-electron chi connectivity index (χ2n) is 5.70. The Morgan fingerprint density at radius 3 is 2.31 bits per heavy atom. The summed E-state index contributed by atoms with van der Waals surface area (Å²) in [7, 11) is 0. The minimum Gasteiger partial charge on any atom is -0.461 e. The molecule has 0 N–H and O–H groups in total. The fraction of sp³-hybridized carbons (Fsp3) is 0.200. The van der Waals surface area contributed by atoms with E-state index in [1.54, 1.807) is 6.92 Å². The van der Waals surface area contributed by atoms with Crippen LogP contribution in [0.25, 0.3) is 11.4 Å². The number of rotatable bonds is 5. The summed E-state index contributed by atoms with van der Waals surface area (Å²) in [5.74, 6) is 0.473. The number of ether oxygens (including phenoxy) is 2. The van der Waals surface area contributed by atoms with Crippen molar-refractivity contribution >= 4 is 5.97 Å². The van der Waals surface area contributed by atoms with Crippen LogP contribution in [0, 0.1) is 13.8 Å². The maximum Gasteiger partial charge on any atom is 0.364 e. The molecule has 0 saturated heterocycles. The normalized spacial score (nSPS) is 10.4. The third-order valence-corrected chi connectivity index (χ3v) is 3.76. The summed E-state index contributed by atoms with van der Waals surface area (Å²) >= 11 is 0. The van der Waals surface area contributed by atoms with Gasteiger partial charge in [-0.2, -0.15) is 4.98 Å². The fourth-order valence-corrected chi connectivity index (χ4v) is 2.48. The molecule has 132 valence electrons. The molecule has 2 aromatic carbocycles. The zero-order valence-electron chi connectivity index (χ0n) is 14.9. The van der Waals surface area contributed by atoms with Gasteiger partial charge in [-0.3, -0.25) is 0 Å². The number of carbonyl (C=O) groups is 1. The lowest BCUT2D eigenvalue weighted by atomic mass is 10.1. The molecule has 0 aliphatic rings. The molecule has 0 fully saturated rings. The Bertz CT molecular complexity index is 907. The highest BCUT2D eigenvalue weighted by Gasteiger charge is 2.22. The third-order valence-electron chi connectivity index (χ3n) is 3.76. The van der Waals surface area contributed by atoms with Crippen LogP contribution in [0.1, 0.15) is 28.5 Å². The first-order chi connectivity index (χ1) is 12.6. The molecule has 3 rings (SSSR count). The van der Waals surface area contributed by atoms with E-state index in [0.29, 0.717) is 11.6 Å². The van der Waals surface area contributed by atoms with Crippen molar-refractivity contribution in [2.45, 2.75) is 20.8 Å². The number of esters is 1. The molecule has 0 aliphatic carbocycles. The summed E-state index contributed by atoms with van der Waals surface area (Å²) < 4.78 is 11.0. The molecule has 1 aromatic heterocycles. The van der Waals surface area contributed by atoms with E-state index in [1.165, 1.54) is 0 Å². The molecular weight excluding hydrogens is 330 g/mol. The average molecular weight is 349 g/mol. The minimum absolute atomic E-state index is 0.0471. The van der Waals surface area contributed by atoms with E-state index in [-0.39, 0.29) is 18.2 Å². The van der Waals surface area contributed by atoms with Gasteiger partial charge in [0.1, 0.15) is 5.75 Å². The summed E-state index contributed by atoms with van der Waals surface area (Å²) in [5, 5.41) is 8.07. The molecule has 0 atom stereocenters. The van der Waals surface area contributed by atoms with Crippen LogP contribution in [0.15, 0.2) is 48.5 Å². The lowest BCUT2D eigenvalue weighted by Crippen LogP contribution is -2.12. The van der Waals surface area contributed by atoms with Crippen LogP contribution in [0.4, 0.5) is 0 Å². The van der Waals surface area contributed by atoms with Gasteiger partial charge >= 0.3 is 5.97 Å². The average Bonchev–Trinajstić information content (AvgIpc) is 2.65. The van der Waals surface area contributed by atoms with E-state index in [1.807, 2.05) is 62.4 Å². The molecule has 0 saturated carbocycles. The van der Waals surface area contributed by atoms with E-state index >= 15 is 0 Å². The maximum absolute atomic E-state index is 12.2. The Morgan fingerprint density at radius 1 is 0.962 bits per heavy atom. The van der Waals surface area contributed by atoms with Gasteiger partial charge < -0.3 is 9.47 Å². The minimum atomic E-state index is -0.617. The smallest absolute Gasteiger partial charge is 0.364 e. The van der Waals surface area contributed by atoms with Crippen LogP contribution in [-0.4, -0.2) is 27.8 Å². The van der Waals surface area contributed by atoms with Crippen molar-refractivity contribution in [1.29, 1.82) is 0 Å². The van der Waals surface area contributed by atoms with Crippen LogP contribution in [0.3, 0.4) is 0 Å². The predicted octanol–water partition coefficient (Wildman–Crippen LogP) is 4.12. The summed E-state index contributed by atoms with van der Waals surface area (Å²) in [6.07, 6.45) is 0. The molecule has 26 heavy (non-hydrogen) atoms. The molecule has 3 aromatic rings. The Kier molecular flexibility index (Phi) is 5.22. The highest BCUT2D eigenvalue weighted by molar-refractivity contribution is 5.89. The summed E-state index contributed by atoms with van der Waals surface area (Å²) in [4.78, 5) is 16.7. The van der Waals surface area contributed by atoms with Crippen molar-refractivity contribution < 1.29 is 14.3 Å². The lowest BCUT2D eigenvalue weighted by Gasteiger charge is -2.13. The van der Waals surface area contributed by atoms with Gasteiger partial charge in [0.15, 0.2) is 5.82 Å². The van der Waals surface area contributed by atoms with Gasteiger partial charge in [-0.25, -0.2) is 4.79 Å². The van der Waals surface area contributed by atoms with Crippen LogP contribution < -0.4 is 4.74 Å². The van der Waals surface area contributed by atoms with Crippen molar-refractivity contribution in [3.63, 3.8) is 0 Å². The first-order valence-corrected chi connectivity index (χ1v) is 8.31. The second kappa shape index (κ2) is 7.74. The van der Waals surface area contributed by atoms with Crippen molar-refractivity contribution in [3.05, 3.63) is 65.4 Å². The Balaban J connectivity index is 2.08. The molecule has 0 unspecified atom stereocenters. The Hall–Kier alpha value is -3.28.